The summed E-state index contributed by atoms with van der Waals surface area (Å²) in [5.74, 6) is 0. The molecule has 2 nitrogen and oxygen atoms in total. The highest BCUT2D eigenvalue weighted by molar-refractivity contribution is 6.08. The van der Waals surface area contributed by atoms with Gasteiger partial charge in [0, 0.05) is 33.8 Å². The van der Waals surface area contributed by atoms with Gasteiger partial charge in [0.15, 0.2) is 0 Å². The highest BCUT2D eigenvalue weighted by Gasteiger charge is 2.52. The van der Waals surface area contributed by atoms with E-state index in [1.54, 1.807) is 0 Å². The summed E-state index contributed by atoms with van der Waals surface area (Å²) in [5, 5.41) is 2.22. The van der Waals surface area contributed by atoms with Crippen molar-refractivity contribution in [3.63, 3.8) is 0 Å². The molecule has 0 unspecified atom stereocenters. The van der Waals surface area contributed by atoms with Crippen molar-refractivity contribution in [3.05, 3.63) is 235 Å². The summed E-state index contributed by atoms with van der Waals surface area (Å²) < 4.78 is 6.73. The molecule has 0 saturated carbocycles. The molecule has 1 aromatic heterocycles. The van der Waals surface area contributed by atoms with Crippen LogP contribution in [0.4, 0.5) is 17.1 Å². The number of fused-ring (bicyclic) bond motifs is 13. The fourth-order valence-corrected chi connectivity index (χ4v) is 9.89. The van der Waals surface area contributed by atoms with Gasteiger partial charge in [0.05, 0.1) is 11.1 Å². The molecule has 9 aromatic carbocycles. The van der Waals surface area contributed by atoms with Gasteiger partial charge in [-0.3, -0.25) is 0 Å². The Morgan fingerprint density at radius 2 is 0.807 bits per heavy atom. The molecule has 12 rings (SSSR count). The van der Waals surface area contributed by atoms with Gasteiger partial charge in [0.2, 0.25) is 0 Å². The molecule has 0 N–H and O–H groups in total. The molecule has 10 aromatic rings. The Morgan fingerprint density at radius 3 is 1.47 bits per heavy atom. The van der Waals surface area contributed by atoms with Gasteiger partial charge in [0.1, 0.15) is 11.2 Å². The molecule has 0 amide bonds. The molecular weight excluding hydrogens is 691 g/mol. The zero-order valence-electron chi connectivity index (χ0n) is 31.1. The summed E-state index contributed by atoms with van der Waals surface area (Å²) in [6, 6.07) is 77.3. The van der Waals surface area contributed by atoms with Crippen LogP contribution in [-0.2, 0) is 5.41 Å². The second-order valence-corrected chi connectivity index (χ2v) is 15.2. The average molecular weight is 726 g/mol. The van der Waals surface area contributed by atoms with Crippen LogP contribution in [0, 0.1) is 0 Å². The number of furan rings is 1. The van der Waals surface area contributed by atoms with Crippen molar-refractivity contribution >= 4 is 39.0 Å². The van der Waals surface area contributed by atoms with Crippen LogP contribution < -0.4 is 4.90 Å². The van der Waals surface area contributed by atoms with Crippen LogP contribution in [-0.4, -0.2) is 0 Å². The van der Waals surface area contributed by atoms with E-state index < -0.39 is 5.41 Å². The van der Waals surface area contributed by atoms with E-state index in [1.165, 1.54) is 61.2 Å². The molecule has 2 heteroatoms. The maximum Gasteiger partial charge on any atom is 0.137 e. The van der Waals surface area contributed by atoms with Crippen molar-refractivity contribution in [2.24, 2.45) is 0 Å². The fraction of sp³-hybridized carbons (Fsp3) is 0.0182. The molecule has 57 heavy (non-hydrogen) atoms. The van der Waals surface area contributed by atoms with Gasteiger partial charge in [-0.15, -0.1) is 0 Å². The summed E-state index contributed by atoms with van der Waals surface area (Å²) >= 11 is 0. The Labute approximate surface area is 331 Å². The van der Waals surface area contributed by atoms with E-state index in [0.29, 0.717) is 0 Å². The van der Waals surface area contributed by atoms with Crippen LogP contribution in [0.25, 0.3) is 66.4 Å². The number of benzene rings is 9. The zero-order chi connectivity index (χ0) is 37.5. The molecule has 0 fully saturated rings. The molecule has 2 aliphatic rings. The van der Waals surface area contributed by atoms with Crippen LogP contribution in [0.2, 0.25) is 0 Å². The molecule has 1 spiro atoms. The van der Waals surface area contributed by atoms with Gasteiger partial charge in [-0.25, -0.2) is 0 Å². The molecular formula is C55H35NO. The van der Waals surface area contributed by atoms with E-state index in [4.69, 9.17) is 4.42 Å². The first-order chi connectivity index (χ1) is 28.3. The van der Waals surface area contributed by atoms with E-state index in [-0.39, 0.29) is 0 Å². The number of anilines is 3. The predicted octanol–water partition coefficient (Wildman–Crippen LogP) is 14.7. The number of rotatable bonds is 5. The minimum atomic E-state index is -0.433. The van der Waals surface area contributed by atoms with E-state index in [1.807, 2.05) is 0 Å². The van der Waals surface area contributed by atoms with Gasteiger partial charge >= 0.3 is 0 Å². The van der Waals surface area contributed by atoms with Crippen LogP contribution in [0.3, 0.4) is 0 Å². The largest absolute Gasteiger partial charge is 0.456 e. The summed E-state index contributed by atoms with van der Waals surface area (Å²) in [6.45, 7) is 0. The number of hydrogen-bond acceptors (Lipinski definition) is 2. The zero-order valence-corrected chi connectivity index (χ0v) is 31.1. The van der Waals surface area contributed by atoms with Gasteiger partial charge in [-0.1, -0.05) is 164 Å². The van der Waals surface area contributed by atoms with Crippen LogP contribution in [0.1, 0.15) is 22.3 Å². The SMILES string of the molecule is c1ccc(-c2ccc(N(c3ccc4c(c3)oc3cc(-c5ccccc5)ccc34)c3cccc4c3-c3ccccc3C43c4ccccc4-c4ccccc43)cc2)cc1. The van der Waals surface area contributed by atoms with Gasteiger partial charge in [-0.2, -0.15) is 0 Å². The maximum absolute atomic E-state index is 6.73. The highest BCUT2D eigenvalue weighted by atomic mass is 16.3. The third kappa shape index (κ3) is 4.59. The quantitative estimate of drug-likeness (QED) is 0.176. The van der Waals surface area contributed by atoms with E-state index in [9.17, 15) is 0 Å². The summed E-state index contributed by atoms with van der Waals surface area (Å²) in [6.07, 6.45) is 0. The molecule has 2 aliphatic carbocycles. The lowest BCUT2D eigenvalue weighted by Gasteiger charge is -2.31. The Kier molecular flexibility index (Phi) is 6.88. The lowest BCUT2D eigenvalue weighted by molar-refractivity contribution is 0.669. The Bertz CT molecular complexity index is 3130. The van der Waals surface area contributed by atoms with Gasteiger partial charge in [-0.05, 0) is 104 Å². The summed E-state index contributed by atoms with van der Waals surface area (Å²) in [5.41, 5.74) is 19.7. The van der Waals surface area contributed by atoms with Crippen LogP contribution in [0.5, 0.6) is 0 Å². The van der Waals surface area contributed by atoms with E-state index >= 15 is 0 Å². The topological polar surface area (TPSA) is 16.4 Å². The number of nitrogens with zero attached hydrogens (tertiary/aromatic N) is 1. The van der Waals surface area contributed by atoms with Crippen molar-refractivity contribution < 1.29 is 4.42 Å². The van der Waals surface area contributed by atoms with Gasteiger partial charge in [0.25, 0.3) is 0 Å². The first-order valence-corrected chi connectivity index (χ1v) is 19.7. The minimum Gasteiger partial charge on any atom is -0.456 e. The van der Waals surface area contributed by atoms with Crippen molar-refractivity contribution in [2.75, 3.05) is 4.90 Å². The second kappa shape index (κ2) is 12.3. The molecule has 0 radical (unpaired) electrons. The fourth-order valence-electron chi connectivity index (χ4n) is 9.89. The van der Waals surface area contributed by atoms with Crippen molar-refractivity contribution in [3.8, 4) is 44.5 Å². The standard InChI is InChI=1S/C55H35NO/c1-3-14-36(15-4-1)38-26-29-40(30-27-38)56(41-31-33-45-44-32-28-39(37-16-5-2-6-17-37)34-52(44)57-53(45)35-41)51-25-13-24-50-54(51)46-20-9-12-23-49(46)55(50)47-21-10-7-18-42(47)43-19-8-11-22-48(43)55/h1-35H. The maximum atomic E-state index is 6.73. The first kappa shape index (κ1) is 31.9. The lowest BCUT2D eigenvalue weighted by atomic mass is 9.70. The Morgan fingerprint density at radius 1 is 0.333 bits per heavy atom. The predicted molar refractivity (Wildman–Crippen MR) is 236 cm³/mol. The molecule has 0 bridgehead atoms. The molecule has 266 valence electrons. The third-order valence-electron chi connectivity index (χ3n) is 12.3. The second-order valence-electron chi connectivity index (χ2n) is 15.2. The van der Waals surface area contributed by atoms with E-state index in [2.05, 4.69) is 217 Å². The van der Waals surface area contributed by atoms with Crippen molar-refractivity contribution in [1.29, 1.82) is 0 Å². The molecule has 0 saturated heterocycles. The minimum absolute atomic E-state index is 0.433. The summed E-state index contributed by atoms with van der Waals surface area (Å²) in [7, 11) is 0. The molecule has 0 atom stereocenters. The van der Waals surface area contributed by atoms with Crippen LogP contribution in [0.15, 0.2) is 217 Å². The van der Waals surface area contributed by atoms with Crippen molar-refractivity contribution in [1.82, 2.24) is 0 Å². The molecule has 0 aliphatic heterocycles. The Hall–Kier alpha value is -7.42. The van der Waals surface area contributed by atoms with Gasteiger partial charge < -0.3 is 9.32 Å². The summed E-state index contributed by atoms with van der Waals surface area (Å²) in [4.78, 5) is 2.43. The van der Waals surface area contributed by atoms with Crippen molar-refractivity contribution in [2.45, 2.75) is 5.41 Å². The first-order valence-electron chi connectivity index (χ1n) is 19.7. The van der Waals surface area contributed by atoms with E-state index in [0.717, 1.165) is 44.6 Å². The third-order valence-corrected chi connectivity index (χ3v) is 12.3. The monoisotopic (exact) mass is 725 g/mol. The Balaban J connectivity index is 1.10. The van der Waals surface area contributed by atoms with Crippen LogP contribution >= 0.6 is 0 Å². The number of hydrogen-bond donors (Lipinski definition) is 0. The highest BCUT2D eigenvalue weighted by Crippen LogP contribution is 2.64. The smallest absolute Gasteiger partial charge is 0.137 e. The normalized spacial score (nSPS) is 13.1. The molecule has 1 heterocycles. The lowest BCUT2D eigenvalue weighted by Crippen LogP contribution is -2.26. The average Bonchev–Trinajstić information content (AvgIpc) is 3.91.